The molecule has 3 heterocycles. The van der Waals surface area contributed by atoms with E-state index in [1.54, 1.807) is 11.6 Å². The molecule has 1 aromatic heterocycles. The SMILES string of the molecule is Cl.Cn1c(=O)n(C2CCC(=O)NC2=O)c2ccc(CN3CCNCC3)cc21. The largest absolute Gasteiger partial charge is 0.329 e. The number of amides is 2. The Hall–Kier alpha value is -2.16. The van der Waals surface area contributed by atoms with Crippen molar-refractivity contribution >= 4 is 35.3 Å². The average Bonchev–Trinajstić information content (AvgIpc) is 2.87. The lowest BCUT2D eigenvalue weighted by Crippen LogP contribution is -2.44. The molecule has 1 atom stereocenters. The van der Waals surface area contributed by atoms with Crippen LogP contribution in [0, 0.1) is 0 Å². The summed E-state index contributed by atoms with van der Waals surface area (Å²) in [6.45, 7) is 4.84. The smallest absolute Gasteiger partial charge is 0.314 e. The number of carbonyl (C=O) groups is 2. The number of hydrogen-bond acceptors (Lipinski definition) is 5. The lowest BCUT2D eigenvalue weighted by Gasteiger charge is -2.27. The molecule has 2 aliphatic rings. The van der Waals surface area contributed by atoms with Crippen molar-refractivity contribution in [1.29, 1.82) is 0 Å². The lowest BCUT2D eigenvalue weighted by atomic mass is 10.1. The number of aryl methyl sites for hydroxylation is 1. The summed E-state index contributed by atoms with van der Waals surface area (Å²) >= 11 is 0. The monoisotopic (exact) mass is 393 g/mol. The summed E-state index contributed by atoms with van der Waals surface area (Å²) < 4.78 is 3.10. The molecule has 2 aromatic rings. The Morgan fingerprint density at radius 3 is 2.56 bits per heavy atom. The number of fused-ring (bicyclic) bond motifs is 1. The standard InChI is InChI=1S/C18H23N5O3.ClH/c1-21-15-10-12(11-22-8-6-19-7-9-22)2-3-13(15)23(18(21)26)14-4-5-16(24)20-17(14)25;/h2-3,10,14,19H,4-9,11H2,1H3,(H,20,24,25);1H. The zero-order chi connectivity index (χ0) is 18.3. The number of piperazine rings is 1. The molecule has 0 spiro atoms. The van der Waals surface area contributed by atoms with Crippen LogP contribution in [0.3, 0.4) is 0 Å². The first-order valence-corrected chi connectivity index (χ1v) is 9.01. The molecule has 8 nitrogen and oxygen atoms in total. The molecular weight excluding hydrogens is 370 g/mol. The van der Waals surface area contributed by atoms with E-state index in [0.29, 0.717) is 6.42 Å². The third-order valence-electron chi connectivity index (χ3n) is 5.29. The van der Waals surface area contributed by atoms with Crippen LogP contribution in [0.5, 0.6) is 0 Å². The number of rotatable bonds is 3. The highest BCUT2D eigenvalue weighted by Crippen LogP contribution is 2.24. The van der Waals surface area contributed by atoms with Gasteiger partial charge in [0, 0.05) is 46.2 Å². The zero-order valence-corrected chi connectivity index (χ0v) is 16.1. The van der Waals surface area contributed by atoms with Crippen LogP contribution in [0.4, 0.5) is 0 Å². The molecule has 1 aromatic carbocycles. The zero-order valence-electron chi connectivity index (χ0n) is 15.2. The highest BCUT2D eigenvalue weighted by Gasteiger charge is 2.31. The van der Waals surface area contributed by atoms with Crippen molar-refractivity contribution in [1.82, 2.24) is 24.7 Å². The molecule has 4 rings (SSSR count). The first-order chi connectivity index (χ1) is 12.5. The van der Waals surface area contributed by atoms with Crippen LogP contribution in [-0.2, 0) is 23.2 Å². The number of nitrogens with zero attached hydrogens (tertiary/aromatic N) is 3. The van der Waals surface area contributed by atoms with Gasteiger partial charge in [-0.2, -0.15) is 0 Å². The summed E-state index contributed by atoms with van der Waals surface area (Å²) in [7, 11) is 1.72. The van der Waals surface area contributed by atoms with Gasteiger partial charge in [-0.1, -0.05) is 6.07 Å². The van der Waals surface area contributed by atoms with Gasteiger partial charge >= 0.3 is 5.69 Å². The minimum atomic E-state index is -0.636. The van der Waals surface area contributed by atoms with Crippen LogP contribution < -0.4 is 16.3 Å². The second-order valence-electron chi connectivity index (χ2n) is 7.03. The van der Waals surface area contributed by atoms with Crippen molar-refractivity contribution in [3.05, 3.63) is 34.2 Å². The molecule has 0 bridgehead atoms. The fourth-order valence-corrected chi connectivity index (χ4v) is 3.86. The molecule has 1 unspecified atom stereocenters. The lowest BCUT2D eigenvalue weighted by molar-refractivity contribution is -0.135. The predicted molar refractivity (Wildman–Crippen MR) is 104 cm³/mol. The Labute approximate surface area is 162 Å². The number of aromatic nitrogens is 2. The van der Waals surface area contributed by atoms with E-state index in [9.17, 15) is 14.4 Å². The van der Waals surface area contributed by atoms with E-state index >= 15 is 0 Å². The predicted octanol–water partition coefficient (Wildman–Crippen LogP) is 0.145. The maximum Gasteiger partial charge on any atom is 0.329 e. The quantitative estimate of drug-likeness (QED) is 0.724. The van der Waals surface area contributed by atoms with Gasteiger partial charge in [0.25, 0.3) is 0 Å². The van der Waals surface area contributed by atoms with Gasteiger partial charge in [0.1, 0.15) is 6.04 Å². The second kappa shape index (κ2) is 7.84. The fourth-order valence-electron chi connectivity index (χ4n) is 3.86. The van der Waals surface area contributed by atoms with Gasteiger partial charge < -0.3 is 5.32 Å². The molecule has 2 saturated heterocycles. The second-order valence-corrected chi connectivity index (χ2v) is 7.03. The van der Waals surface area contributed by atoms with Crippen LogP contribution >= 0.6 is 12.4 Å². The van der Waals surface area contributed by atoms with Gasteiger partial charge in [0.05, 0.1) is 11.0 Å². The Kier molecular flexibility index (Phi) is 5.69. The van der Waals surface area contributed by atoms with E-state index < -0.39 is 11.9 Å². The first kappa shape index (κ1) is 19.6. The Morgan fingerprint density at radius 2 is 1.85 bits per heavy atom. The topological polar surface area (TPSA) is 88.4 Å². The van der Waals surface area contributed by atoms with Crippen molar-refractivity contribution < 1.29 is 9.59 Å². The summed E-state index contributed by atoms with van der Waals surface area (Å²) in [6, 6.07) is 5.33. The minimum absolute atomic E-state index is 0. The van der Waals surface area contributed by atoms with Crippen LogP contribution in [0.15, 0.2) is 23.0 Å². The number of imidazole rings is 1. The van der Waals surface area contributed by atoms with Crippen molar-refractivity contribution in [2.24, 2.45) is 7.05 Å². The normalized spacial score (nSPS) is 21.1. The number of benzene rings is 1. The highest BCUT2D eigenvalue weighted by molar-refractivity contribution is 6.00. The van der Waals surface area contributed by atoms with E-state index in [2.05, 4.69) is 15.5 Å². The molecule has 0 radical (unpaired) electrons. The summed E-state index contributed by atoms with van der Waals surface area (Å²) in [5, 5.41) is 5.68. The van der Waals surface area contributed by atoms with E-state index in [1.165, 1.54) is 4.57 Å². The molecule has 146 valence electrons. The summed E-state index contributed by atoms with van der Waals surface area (Å²) in [5.41, 5.74) is 2.47. The van der Waals surface area contributed by atoms with Gasteiger partial charge in [-0.25, -0.2) is 4.79 Å². The average molecular weight is 394 g/mol. The Bertz CT molecular complexity index is 929. The van der Waals surface area contributed by atoms with Crippen molar-refractivity contribution in [2.75, 3.05) is 26.2 Å². The summed E-state index contributed by atoms with van der Waals surface area (Å²) in [5.74, 6) is -0.682. The van der Waals surface area contributed by atoms with Crippen LogP contribution in [0.1, 0.15) is 24.4 Å². The first-order valence-electron chi connectivity index (χ1n) is 9.01. The minimum Gasteiger partial charge on any atom is -0.314 e. The maximum absolute atomic E-state index is 12.8. The Morgan fingerprint density at radius 1 is 1.11 bits per heavy atom. The molecular formula is C18H24ClN5O3. The van der Waals surface area contributed by atoms with Gasteiger partial charge in [-0.3, -0.25) is 28.9 Å². The maximum atomic E-state index is 12.8. The van der Waals surface area contributed by atoms with Crippen LogP contribution in [-0.4, -0.2) is 52.0 Å². The van der Waals surface area contributed by atoms with E-state index in [-0.39, 0.29) is 30.4 Å². The molecule has 2 N–H and O–H groups in total. The van der Waals surface area contributed by atoms with Crippen molar-refractivity contribution in [2.45, 2.75) is 25.4 Å². The van der Waals surface area contributed by atoms with Gasteiger partial charge in [-0.15, -0.1) is 12.4 Å². The van der Waals surface area contributed by atoms with E-state index in [4.69, 9.17) is 0 Å². The number of imide groups is 1. The molecule has 2 amide bonds. The number of halogens is 1. The van der Waals surface area contributed by atoms with Crippen molar-refractivity contribution in [3.63, 3.8) is 0 Å². The van der Waals surface area contributed by atoms with Crippen molar-refractivity contribution in [3.8, 4) is 0 Å². The van der Waals surface area contributed by atoms with E-state index in [1.807, 2.05) is 18.2 Å². The highest BCUT2D eigenvalue weighted by atomic mass is 35.5. The summed E-state index contributed by atoms with van der Waals surface area (Å²) in [4.78, 5) is 38.8. The van der Waals surface area contributed by atoms with Crippen LogP contribution in [0.2, 0.25) is 0 Å². The fraction of sp³-hybridized carbons (Fsp3) is 0.500. The number of piperidine rings is 1. The third kappa shape index (κ3) is 3.65. The molecule has 2 aliphatic heterocycles. The van der Waals surface area contributed by atoms with E-state index in [0.717, 1.165) is 49.3 Å². The van der Waals surface area contributed by atoms with Gasteiger partial charge in [0.2, 0.25) is 11.8 Å². The van der Waals surface area contributed by atoms with Gasteiger partial charge in [0.15, 0.2) is 0 Å². The Balaban J connectivity index is 0.00000210. The molecule has 27 heavy (non-hydrogen) atoms. The number of carbonyl (C=O) groups excluding carboxylic acids is 2. The third-order valence-corrected chi connectivity index (χ3v) is 5.29. The summed E-state index contributed by atoms with van der Waals surface area (Å²) in [6.07, 6.45) is 0.604. The number of hydrogen-bond donors (Lipinski definition) is 2. The van der Waals surface area contributed by atoms with Gasteiger partial charge in [-0.05, 0) is 24.1 Å². The molecule has 2 fully saturated rings. The molecule has 9 heteroatoms. The molecule has 0 saturated carbocycles. The van der Waals surface area contributed by atoms with Crippen LogP contribution in [0.25, 0.3) is 11.0 Å². The molecule has 0 aliphatic carbocycles. The number of nitrogens with one attached hydrogen (secondary N) is 2.